The second-order valence-electron chi connectivity index (χ2n) is 4.37. The Balaban J connectivity index is 1.93. The summed E-state index contributed by atoms with van der Waals surface area (Å²) in [6, 6.07) is 7.34. The first-order chi connectivity index (χ1) is 9.97. The molecule has 0 radical (unpaired) electrons. The van der Waals surface area contributed by atoms with E-state index in [1.807, 2.05) is 12.1 Å². The van der Waals surface area contributed by atoms with Crippen LogP contribution in [0.25, 0.3) is 0 Å². The normalized spacial score (nSPS) is 15.1. The minimum atomic E-state index is -1.37. The monoisotopic (exact) mass is 325 g/mol. The molecule has 110 valence electrons. The van der Waals surface area contributed by atoms with Gasteiger partial charge in [-0.3, -0.25) is 9.59 Å². The van der Waals surface area contributed by atoms with E-state index in [4.69, 9.17) is 16.7 Å². The average Bonchev–Trinajstić information content (AvgIpc) is 2.44. The van der Waals surface area contributed by atoms with Crippen LogP contribution in [-0.2, 0) is 14.4 Å². The minimum absolute atomic E-state index is 0.0726. The molecule has 0 spiro atoms. The second kappa shape index (κ2) is 6.78. The number of nitrogens with zero attached hydrogens (tertiary/aromatic N) is 1. The van der Waals surface area contributed by atoms with Crippen LogP contribution in [-0.4, -0.2) is 46.4 Å². The van der Waals surface area contributed by atoms with Crippen molar-refractivity contribution in [3.63, 3.8) is 0 Å². The van der Waals surface area contributed by atoms with Gasteiger partial charge >= 0.3 is 5.97 Å². The Hall–Kier alpha value is -1.79. The first-order valence-corrected chi connectivity index (χ1v) is 7.49. The number of Topliss-reactive ketones (excluding diaryl/α,β-unsaturated/α-hetero) is 2. The van der Waals surface area contributed by atoms with Crippen molar-refractivity contribution in [2.75, 3.05) is 18.8 Å². The van der Waals surface area contributed by atoms with Crippen molar-refractivity contribution in [2.24, 2.45) is 0 Å². The first kappa shape index (κ1) is 15.6. The van der Waals surface area contributed by atoms with Gasteiger partial charge < -0.3 is 10.0 Å². The van der Waals surface area contributed by atoms with Crippen molar-refractivity contribution in [1.29, 1.82) is 0 Å². The summed E-state index contributed by atoms with van der Waals surface area (Å²) in [6.45, 7) is 0.403. The molecule has 0 unspecified atom stereocenters. The number of thioether (sulfide) groups is 1. The number of carbonyl (C=O) groups excluding carboxylic acids is 2. The highest BCUT2D eigenvalue weighted by Crippen LogP contribution is 2.20. The fourth-order valence-corrected chi connectivity index (χ4v) is 2.82. The Labute approximate surface area is 130 Å². The van der Waals surface area contributed by atoms with Gasteiger partial charge in [0.15, 0.2) is 0 Å². The van der Waals surface area contributed by atoms with E-state index in [1.165, 1.54) is 6.20 Å². The molecule has 2 rings (SSSR count). The first-order valence-electron chi connectivity index (χ1n) is 6.12. The lowest BCUT2D eigenvalue weighted by atomic mass is 10.1. The van der Waals surface area contributed by atoms with Crippen LogP contribution in [0.5, 0.6) is 0 Å². The molecule has 1 heterocycles. The lowest BCUT2D eigenvalue weighted by molar-refractivity contribution is -0.140. The van der Waals surface area contributed by atoms with Gasteiger partial charge in [0.25, 0.3) is 0 Å². The Bertz CT molecular complexity index is 612. The third-order valence-electron chi connectivity index (χ3n) is 2.85. The largest absolute Gasteiger partial charge is 0.477 e. The molecule has 0 fully saturated rings. The van der Waals surface area contributed by atoms with Crippen LogP contribution in [0.2, 0.25) is 5.02 Å². The predicted molar refractivity (Wildman–Crippen MR) is 79.5 cm³/mol. The predicted octanol–water partition coefficient (Wildman–Crippen LogP) is 1.85. The number of carbonyl (C=O) groups is 3. The SMILES string of the molecule is O=C(O)C1=CN(CCSc2ccc(Cl)cc2)CC(=O)C1=O. The van der Waals surface area contributed by atoms with Crippen LogP contribution in [0.1, 0.15) is 0 Å². The lowest BCUT2D eigenvalue weighted by Crippen LogP contribution is -2.39. The smallest absolute Gasteiger partial charge is 0.341 e. The van der Waals surface area contributed by atoms with Crippen LogP contribution in [0.15, 0.2) is 40.9 Å². The molecule has 1 aliphatic heterocycles. The molecule has 7 heteroatoms. The Kier molecular flexibility index (Phi) is 5.03. The van der Waals surface area contributed by atoms with Crippen molar-refractivity contribution in [3.05, 3.63) is 41.1 Å². The van der Waals surface area contributed by atoms with Crippen molar-refractivity contribution in [1.82, 2.24) is 4.90 Å². The fourth-order valence-electron chi connectivity index (χ4n) is 1.80. The van der Waals surface area contributed by atoms with Gasteiger partial charge in [-0.05, 0) is 24.3 Å². The van der Waals surface area contributed by atoms with E-state index < -0.39 is 23.1 Å². The van der Waals surface area contributed by atoms with Gasteiger partial charge in [-0.15, -0.1) is 11.8 Å². The standard InChI is InChI=1S/C14H12ClNO4S/c15-9-1-3-10(4-2-9)21-6-5-16-7-11(14(19)20)13(18)12(17)8-16/h1-4,7H,5-6,8H2,(H,19,20). The van der Waals surface area contributed by atoms with Crippen LogP contribution in [0.4, 0.5) is 0 Å². The van der Waals surface area contributed by atoms with Gasteiger partial charge in [0.05, 0.1) is 6.54 Å². The molecule has 1 aliphatic rings. The third kappa shape index (κ3) is 4.09. The number of carboxylic acids is 1. The number of rotatable bonds is 5. The quantitative estimate of drug-likeness (QED) is 0.506. The zero-order valence-corrected chi connectivity index (χ0v) is 12.5. The third-order valence-corrected chi connectivity index (χ3v) is 4.09. The maximum atomic E-state index is 11.5. The van der Waals surface area contributed by atoms with Crippen LogP contribution < -0.4 is 0 Å². The summed E-state index contributed by atoms with van der Waals surface area (Å²) in [5.41, 5.74) is -0.470. The van der Waals surface area contributed by atoms with E-state index in [9.17, 15) is 14.4 Å². The van der Waals surface area contributed by atoms with Gasteiger partial charge in [-0.2, -0.15) is 0 Å². The zero-order valence-electron chi connectivity index (χ0n) is 10.9. The maximum absolute atomic E-state index is 11.5. The summed E-state index contributed by atoms with van der Waals surface area (Å²) in [5.74, 6) is -2.33. The number of hydrogen-bond donors (Lipinski definition) is 1. The molecule has 1 aromatic carbocycles. The minimum Gasteiger partial charge on any atom is -0.477 e. The number of benzene rings is 1. The molecule has 0 aliphatic carbocycles. The highest BCUT2D eigenvalue weighted by atomic mass is 35.5. The fraction of sp³-hybridized carbons (Fsp3) is 0.214. The second-order valence-corrected chi connectivity index (χ2v) is 5.98. The molecule has 0 saturated carbocycles. The molecule has 5 nitrogen and oxygen atoms in total. The van der Waals surface area contributed by atoms with Gasteiger partial charge in [0, 0.05) is 28.4 Å². The maximum Gasteiger partial charge on any atom is 0.341 e. The lowest BCUT2D eigenvalue weighted by Gasteiger charge is -2.23. The molecule has 0 aromatic heterocycles. The van der Waals surface area contributed by atoms with Crippen molar-refractivity contribution in [2.45, 2.75) is 4.90 Å². The number of aliphatic carboxylic acids is 1. The summed E-state index contributed by atoms with van der Waals surface area (Å²) in [5, 5.41) is 9.55. The molecule has 1 N–H and O–H groups in total. The molecule has 1 aromatic rings. The van der Waals surface area contributed by atoms with Crippen LogP contribution >= 0.6 is 23.4 Å². The Morgan fingerprint density at radius 2 is 1.95 bits per heavy atom. The van der Waals surface area contributed by atoms with Crippen molar-refractivity contribution < 1.29 is 19.5 Å². The van der Waals surface area contributed by atoms with E-state index in [1.54, 1.807) is 28.8 Å². The molecular formula is C14H12ClNO4S. The number of carboxylic acid groups (broad SMARTS) is 1. The van der Waals surface area contributed by atoms with Gasteiger partial charge in [0.1, 0.15) is 5.57 Å². The summed E-state index contributed by atoms with van der Waals surface area (Å²) < 4.78 is 0. The molecule has 0 amide bonds. The highest BCUT2D eigenvalue weighted by Gasteiger charge is 2.30. The van der Waals surface area contributed by atoms with Gasteiger partial charge in [0.2, 0.25) is 11.6 Å². The summed E-state index contributed by atoms with van der Waals surface area (Å²) >= 11 is 7.35. The van der Waals surface area contributed by atoms with Gasteiger partial charge in [-0.25, -0.2) is 4.79 Å². The summed E-state index contributed by atoms with van der Waals surface area (Å²) in [6.07, 6.45) is 1.24. The highest BCUT2D eigenvalue weighted by molar-refractivity contribution is 7.99. The Morgan fingerprint density at radius 3 is 2.57 bits per heavy atom. The van der Waals surface area contributed by atoms with Crippen molar-refractivity contribution >= 4 is 40.9 Å². The zero-order chi connectivity index (χ0) is 15.4. The van der Waals surface area contributed by atoms with Crippen LogP contribution in [0, 0.1) is 0 Å². The van der Waals surface area contributed by atoms with E-state index in [0.29, 0.717) is 17.3 Å². The Morgan fingerprint density at radius 1 is 1.29 bits per heavy atom. The average molecular weight is 326 g/mol. The topological polar surface area (TPSA) is 74.7 Å². The summed E-state index contributed by atoms with van der Waals surface area (Å²) in [7, 11) is 0. The van der Waals surface area contributed by atoms with E-state index >= 15 is 0 Å². The van der Waals surface area contributed by atoms with E-state index in [0.717, 1.165) is 4.90 Å². The van der Waals surface area contributed by atoms with E-state index in [-0.39, 0.29) is 6.54 Å². The van der Waals surface area contributed by atoms with E-state index in [2.05, 4.69) is 0 Å². The number of hydrogen-bond acceptors (Lipinski definition) is 5. The van der Waals surface area contributed by atoms with Gasteiger partial charge in [-0.1, -0.05) is 11.6 Å². The van der Waals surface area contributed by atoms with Crippen molar-refractivity contribution in [3.8, 4) is 0 Å². The number of ketones is 2. The molecule has 0 atom stereocenters. The molecule has 21 heavy (non-hydrogen) atoms. The number of halogens is 1. The summed E-state index contributed by atoms with van der Waals surface area (Å²) in [4.78, 5) is 36.3. The van der Waals surface area contributed by atoms with Crippen LogP contribution in [0.3, 0.4) is 0 Å². The molecule has 0 bridgehead atoms. The molecule has 0 saturated heterocycles. The molecular weight excluding hydrogens is 314 g/mol.